The van der Waals surface area contributed by atoms with Crippen LogP contribution < -0.4 is 10.4 Å². The van der Waals surface area contributed by atoms with E-state index in [0.717, 1.165) is 15.9 Å². The van der Waals surface area contributed by atoms with Crippen LogP contribution in [0.5, 0.6) is 0 Å². The summed E-state index contributed by atoms with van der Waals surface area (Å²) in [6.07, 6.45) is -0.264. The molecule has 0 N–H and O–H groups in total. The van der Waals surface area contributed by atoms with E-state index in [4.69, 9.17) is 14.7 Å². The summed E-state index contributed by atoms with van der Waals surface area (Å²) in [6.45, 7) is 11.4. The lowest BCUT2D eigenvalue weighted by atomic mass is 10.2. The van der Waals surface area contributed by atoms with Gasteiger partial charge in [-0.3, -0.25) is 0 Å². The van der Waals surface area contributed by atoms with Crippen LogP contribution in [0.2, 0.25) is 5.04 Å². The molecule has 0 radical (unpaired) electrons. The number of azide groups is 1. The zero-order valence-electron chi connectivity index (χ0n) is 23.7. The third-order valence-electron chi connectivity index (χ3n) is 6.86. The first kappa shape index (κ1) is 30.0. The number of nitrogens with zero attached hydrogens (tertiary/aromatic N) is 4. The Labute approximate surface area is 233 Å². The topological polar surface area (TPSA) is 87.5 Å². The van der Waals surface area contributed by atoms with Crippen LogP contribution in [-0.4, -0.2) is 44.5 Å². The molecule has 1 amide bonds. The second kappa shape index (κ2) is 14.0. The van der Waals surface area contributed by atoms with Crippen molar-refractivity contribution in [1.29, 1.82) is 0 Å². The van der Waals surface area contributed by atoms with Gasteiger partial charge in [0, 0.05) is 17.5 Å². The second-order valence-corrected chi connectivity index (χ2v) is 15.2. The van der Waals surface area contributed by atoms with Crippen molar-refractivity contribution in [2.24, 2.45) is 5.11 Å². The van der Waals surface area contributed by atoms with Crippen molar-refractivity contribution in [2.75, 3.05) is 13.1 Å². The van der Waals surface area contributed by atoms with Gasteiger partial charge in [-0.25, -0.2) is 4.79 Å². The van der Waals surface area contributed by atoms with Crippen molar-refractivity contribution >= 4 is 24.8 Å². The van der Waals surface area contributed by atoms with Crippen molar-refractivity contribution < 1.29 is 14.0 Å². The molecule has 0 fully saturated rings. The molecule has 0 saturated carbocycles. The van der Waals surface area contributed by atoms with E-state index in [1.54, 1.807) is 4.90 Å². The van der Waals surface area contributed by atoms with Crippen LogP contribution in [0.4, 0.5) is 4.79 Å². The molecule has 0 saturated heterocycles. The summed E-state index contributed by atoms with van der Waals surface area (Å²) in [5, 5.41) is 5.99. The van der Waals surface area contributed by atoms with Crippen LogP contribution >= 0.6 is 0 Å². The zero-order valence-corrected chi connectivity index (χ0v) is 24.7. The summed E-state index contributed by atoms with van der Waals surface area (Å²) in [4.78, 5) is 17.8. The summed E-state index contributed by atoms with van der Waals surface area (Å²) in [5.41, 5.74) is 10.1. The summed E-state index contributed by atoms with van der Waals surface area (Å²) >= 11 is 0. The Morgan fingerprint density at radius 2 is 1.44 bits per heavy atom. The van der Waals surface area contributed by atoms with Gasteiger partial charge in [0.25, 0.3) is 8.32 Å². The van der Waals surface area contributed by atoms with Gasteiger partial charge in [0.1, 0.15) is 6.61 Å². The van der Waals surface area contributed by atoms with Crippen LogP contribution in [0.25, 0.3) is 10.4 Å². The van der Waals surface area contributed by atoms with Gasteiger partial charge in [-0.05, 0) is 46.8 Å². The van der Waals surface area contributed by atoms with Crippen LogP contribution in [-0.2, 0) is 15.8 Å². The van der Waals surface area contributed by atoms with Crippen molar-refractivity contribution in [3.05, 3.63) is 107 Å². The number of hydrogen-bond donors (Lipinski definition) is 0. The van der Waals surface area contributed by atoms with Crippen molar-refractivity contribution in [1.82, 2.24) is 4.90 Å². The molecular weight excluding hydrogens is 504 g/mol. The molecule has 8 heteroatoms. The standard InChI is InChI=1S/C31H40N4O3Si/c1-25(2)35(30(36)37-24-26-15-9-6-10-16-26)22-21-27(23-33-34-32)38-39(31(3,4)5,28-17-11-7-12-18-28)29-19-13-8-14-20-29/h6-20,25,27H,21-24H2,1-5H3/t27-/m0/s1. The highest BCUT2D eigenvalue weighted by molar-refractivity contribution is 6.99. The Morgan fingerprint density at radius 1 is 0.923 bits per heavy atom. The molecule has 0 aliphatic carbocycles. The lowest BCUT2D eigenvalue weighted by Gasteiger charge is -2.45. The predicted molar refractivity (Wildman–Crippen MR) is 160 cm³/mol. The van der Waals surface area contributed by atoms with Gasteiger partial charge >= 0.3 is 6.09 Å². The van der Waals surface area contributed by atoms with Crippen LogP contribution in [0.1, 0.15) is 46.6 Å². The molecule has 0 unspecified atom stereocenters. The largest absolute Gasteiger partial charge is 0.445 e. The minimum absolute atomic E-state index is 0.0683. The normalized spacial score (nSPS) is 12.5. The van der Waals surface area contributed by atoms with Gasteiger partial charge in [0.05, 0.1) is 12.6 Å². The van der Waals surface area contributed by atoms with Crippen LogP contribution in [0, 0.1) is 0 Å². The molecule has 3 aromatic rings. The third kappa shape index (κ3) is 7.73. The molecule has 3 rings (SSSR count). The van der Waals surface area contributed by atoms with Gasteiger partial charge in [-0.2, -0.15) is 0 Å². The summed E-state index contributed by atoms with van der Waals surface area (Å²) in [5.74, 6) is 0. The molecule has 0 aliphatic rings. The maximum absolute atomic E-state index is 13.1. The fourth-order valence-electron chi connectivity index (χ4n) is 4.90. The molecule has 0 heterocycles. The molecule has 3 aromatic carbocycles. The van der Waals surface area contributed by atoms with Crippen molar-refractivity contribution in [2.45, 2.75) is 64.8 Å². The van der Waals surface area contributed by atoms with E-state index >= 15 is 0 Å². The SMILES string of the molecule is CC(C)N(CC[C@@H](CN=[N+]=[N-])O[Si](c1ccccc1)(c1ccccc1)C(C)(C)C)C(=O)OCc1ccccc1. The first-order valence-electron chi connectivity index (χ1n) is 13.5. The smallest absolute Gasteiger partial charge is 0.410 e. The number of benzene rings is 3. The first-order chi connectivity index (χ1) is 18.7. The molecular formula is C31H40N4O3Si. The minimum Gasteiger partial charge on any atom is -0.445 e. The Hall–Kier alpha value is -3.58. The summed E-state index contributed by atoms with van der Waals surface area (Å²) < 4.78 is 12.8. The lowest BCUT2D eigenvalue weighted by Crippen LogP contribution is -2.68. The van der Waals surface area contributed by atoms with E-state index in [9.17, 15) is 4.79 Å². The average Bonchev–Trinajstić information content (AvgIpc) is 2.93. The van der Waals surface area contributed by atoms with E-state index in [1.165, 1.54) is 0 Å². The molecule has 0 bridgehead atoms. The van der Waals surface area contributed by atoms with E-state index in [2.05, 4.69) is 55.1 Å². The van der Waals surface area contributed by atoms with Gasteiger partial charge < -0.3 is 14.1 Å². The quantitative estimate of drug-likeness (QED) is 0.110. The highest BCUT2D eigenvalue weighted by atomic mass is 28.4. The third-order valence-corrected chi connectivity index (χ3v) is 12.0. The number of hydrogen-bond acceptors (Lipinski definition) is 4. The second-order valence-electron chi connectivity index (χ2n) is 10.9. The van der Waals surface area contributed by atoms with Crippen LogP contribution in [0.3, 0.4) is 0 Å². The molecule has 39 heavy (non-hydrogen) atoms. The van der Waals surface area contributed by atoms with Crippen molar-refractivity contribution in [3.63, 3.8) is 0 Å². The zero-order chi connectivity index (χ0) is 28.3. The number of amides is 1. The maximum atomic E-state index is 13.1. The number of ether oxygens (including phenoxy) is 1. The molecule has 0 spiro atoms. The van der Waals surface area contributed by atoms with E-state index in [-0.39, 0.29) is 30.3 Å². The molecule has 0 aromatic heterocycles. The molecule has 206 valence electrons. The Morgan fingerprint density at radius 3 is 1.90 bits per heavy atom. The van der Waals surface area contributed by atoms with Gasteiger partial charge in [-0.1, -0.05) is 117 Å². The van der Waals surface area contributed by atoms with E-state index < -0.39 is 14.4 Å². The van der Waals surface area contributed by atoms with E-state index in [0.29, 0.717) is 13.0 Å². The summed E-state index contributed by atoms with van der Waals surface area (Å²) in [7, 11) is -2.87. The summed E-state index contributed by atoms with van der Waals surface area (Å²) in [6, 6.07) is 30.3. The molecule has 0 aliphatic heterocycles. The Bertz CT molecular complexity index is 1170. The van der Waals surface area contributed by atoms with E-state index in [1.807, 2.05) is 80.6 Å². The molecule has 7 nitrogen and oxygen atoms in total. The fraction of sp³-hybridized carbons (Fsp3) is 0.387. The average molecular weight is 545 g/mol. The number of rotatable bonds is 12. The first-order valence-corrected chi connectivity index (χ1v) is 15.4. The Balaban J connectivity index is 1.90. The monoisotopic (exact) mass is 544 g/mol. The number of carbonyl (C=O) groups is 1. The lowest BCUT2D eigenvalue weighted by molar-refractivity contribution is 0.0780. The van der Waals surface area contributed by atoms with Gasteiger partial charge in [0.2, 0.25) is 0 Å². The van der Waals surface area contributed by atoms with Gasteiger partial charge in [-0.15, -0.1) is 0 Å². The number of carbonyl (C=O) groups excluding carboxylic acids is 1. The van der Waals surface area contributed by atoms with Crippen molar-refractivity contribution in [3.8, 4) is 0 Å². The molecule has 1 atom stereocenters. The highest BCUT2D eigenvalue weighted by Gasteiger charge is 2.51. The predicted octanol–water partition coefficient (Wildman–Crippen LogP) is 6.68. The fourth-order valence-corrected chi connectivity index (χ4v) is 9.61. The maximum Gasteiger partial charge on any atom is 0.410 e. The van der Waals surface area contributed by atoms with Crippen LogP contribution in [0.15, 0.2) is 96.1 Å². The highest BCUT2D eigenvalue weighted by Crippen LogP contribution is 2.38. The minimum atomic E-state index is -2.87. The Kier molecular flexibility index (Phi) is 10.7. The van der Waals surface area contributed by atoms with Gasteiger partial charge in [0.15, 0.2) is 0 Å².